The molecule has 1 aromatic heterocycles. The molecule has 2 aliphatic rings. The van der Waals surface area contributed by atoms with Crippen LogP contribution in [0.15, 0.2) is 18.5 Å². The van der Waals surface area contributed by atoms with Crippen LogP contribution in [-0.4, -0.2) is 52.9 Å². The second kappa shape index (κ2) is 6.56. The van der Waals surface area contributed by atoms with Gasteiger partial charge in [-0.3, -0.25) is 19.4 Å². The first-order valence-electron chi connectivity index (χ1n) is 7.98. The number of piperidine rings is 1. The van der Waals surface area contributed by atoms with Gasteiger partial charge in [0.2, 0.25) is 5.91 Å². The third-order valence-corrected chi connectivity index (χ3v) is 4.49. The second-order valence-electron chi connectivity index (χ2n) is 6.25. The van der Waals surface area contributed by atoms with E-state index in [2.05, 4.69) is 10.3 Å². The molecule has 2 aliphatic heterocycles. The van der Waals surface area contributed by atoms with Crippen molar-refractivity contribution >= 4 is 23.4 Å². The topological polar surface area (TPSA) is 115 Å². The number of nitrogens with zero attached hydrogens (tertiary/aromatic N) is 2. The normalized spacial score (nSPS) is 23.2. The number of carbonyl (C=O) groups excluding carboxylic acids is 3. The minimum atomic E-state index is -0.756. The summed E-state index contributed by atoms with van der Waals surface area (Å²) in [4.78, 5) is 41.1. The Bertz CT molecular complexity index is 670. The number of amides is 3. The molecule has 24 heavy (non-hydrogen) atoms. The number of carbonyl (C=O) groups is 3. The van der Waals surface area contributed by atoms with Gasteiger partial charge in [-0.25, -0.2) is 0 Å². The summed E-state index contributed by atoms with van der Waals surface area (Å²) in [6.07, 6.45) is 6.30. The predicted octanol–water partition coefficient (Wildman–Crippen LogP) is 0.291. The highest BCUT2D eigenvalue weighted by atomic mass is 16.5. The quantitative estimate of drug-likeness (QED) is 0.756. The summed E-state index contributed by atoms with van der Waals surface area (Å²) >= 11 is 0. The van der Waals surface area contributed by atoms with E-state index < -0.39 is 17.7 Å². The van der Waals surface area contributed by atoms with E-state index >= 15 is 0 Å². The van der Waals surface area contributed by atoms with E-state index in [0.717, 1.165) is 25.7 Å². The Morgan fingerprint density at radius 1 is 1.25 bits per heavy atom. The molecule has 0 radical (unpaired) electrons. The zero-order chi connectivity index (χ0) is 17.2. The molecule has 1 aromatic rings. The molecule has 3 N–H and O–H groups in total. The first kappa shape index (κ1) is 16.4. The summed E-state index contributed by atoms with van der Waals surface area (Å²) in [5.74, 6) is -2.01. The first-order chi connectivity index (χ1) is 11.5. The van der Waals surface area contributed by atoms with Crippen LogP contribution in [0.5, 0.6) is 0 Å². The molecule has 128 valence electrons. The van der Waals surface area contributed by atoms with Gasteiger partial charge in [-0.05, 0) is 31.7 Å². The molecule has 0 aromatic carbocycles. The molecule has 0 saturated carbocycles. The number of ether oxygens (including phenoxy) is 1. The Labute approximate surface area is 139 Å². The van der Waals surface area contributed by atoms with Crippen LogP contribution in [0, 0.1) is 0 Å². The third kappa shape index (κ3) is 3.38. The van der Waals surface area contributed by atoms with Crippen LogP contribution in [0.25, 0.3) is 0 Å². The number of aromatic nitrogens is 1. The fraction of sp³-hybridized carbons (Fsp3) is 0.500. The van der Waals surface area contributed by atoms with Gasteiger partial charge in [-0.1, -0.05) is 0 Å². The summed E-state index contributed by atoms with van der Waals surface area (Å²) in [5, 5.41) is 2.47. The summed E-state index contributed by atoms with van der Waals surface area (Å²) in [6.45, 7) is 1.69. The minimum Gasteiger partial charge on any atom is -0.373 e. The molecule has 8 heteroatoms. The van der Waals surface area contributed by atoms with Crippen LogP contribution in [-0.2, 0) is 14.3 Å². The van der Waals surface area contributed by atoms with Crippen molar-refractivity contribution in [1.82, 2.24) is 9.88 Å². The van der Waals surface area contributed by atoms with Crippen LogP contribution in [0.2, 0.25) is 0 Å². The number of pyridine rings is 1. The van der Waals surface area contributed by atoms with E-state index in [1.165, 1.54) is 23.4 Å². The number of rotatable bonds is 2. The number of anilines is 1. The highest BCUT2D eigenvalue weighted by Crippen LogP contribution is 2.34. The van der Waals surface area contributed by atoms with Crippen LogP contribution in [0.1, 0.15) is 36.0 Å². The molecule has 3 heterocycles. The number of nitrogens with one attached hydrogen (secondary N) is 1. The van der Waals surface area contributed by atoms with E-state index in [4.69, 9.17) is 10.5 Å². The van der Waals surface area contributed by atoms with Crippen LogP contribution in [0.4, 0.5) is 5.69 Å². The van der Waals surface area contributed by atoms with Gasteiger partial charge in [0.15, 0.2) is 0 Å². The van der Waals surface area contributed by atoms with Crippen molar-refractivity contribution in [2.75, 3.05) is 25.0 Å². The highest BCUT2D eigenvalue weighted by Gasteiger charge is 2.41. The molecule has 0 bridgehead atoms. The Kier molecular flexibility index (Phi) is 4.48. The maximum Gasteiger partial charge on any atom is 0.313 e. The van der Waals surface area contributed by atoms with Crippen molar-refractivity contribution < 1.29 is 19.1 Å². The van der Waals surface area contributed by atoms with Gasteiger partial charge in [0.25, 0.3) is 0 Å². The highest BCUT2D eigenvalue weighted by molar-refractivity contribution is 6.39. The monoisotopic (exact) mass is 332 g/mol. The van der Waals surface area contributed by atoms with Gasteiger partial charge in [-0.2, -0.15) is 0 Å². The molecule has 2 fully saturated rings. The molecule has 8 nitrogen and oxygen atoms in total. The standard InChI is InChI=1S/C16H20N4O4/c17-13(21)11-7-12(9-18-8-11)19-14(22)15(23)20-5-1-3-16(10-20)4-2-6-24-16/h7-9H,1-6,10H2,(H2,17,21)(H,19,22). The lowest BCUT2D eigenvalue weighted by Gasteiger charge is -2.39. The average Bonchev–Trinajstić information content (AvgIpc) is 3.02. The van der Waals surface area contributed by atoms with E-state index in [0.29, 0.717) is 19.7 Å². The fourth-order valence-corrected chi connectivity index (χ4v) is 3.32. The maximum absolute atomic E-state index is 12.4. The summed E-state index contributed by atoms with van der Waals surface area (Å²) in [6, 6.07) is 1.39. The Morgan fingerprint density at radius 2 is 2.04 bits per heavy atom. The number of hydrogen-bond acceptors (Lipinski definition) is 5. The van der Waals surface area contributed by atoms with Gasteiger partial charge in [0.05, 0.1) is 29.6 Å². The Hall–Kier alpha value is -2.48. The van der Waals surface area contributed by atoms with Crippen molar-refractivity contribution in [3.05, 3.63) is 24.0 Å². The molecular weight excluding hydrogens is 312 g/mol. The zero-order valence-electron chi connectivity index (χ0n) is 13.3. The molecule has 3 amide bonds. The minimum absolute atomic E-state index is 0.163. The molecule has 1 atom stereocenters. The Morgan fingerprint density at radius 3 is 2.75 bits per heavy atom. The van der Waals surface area contributed by atoms with Crippen LogP contribution in [0.3, 0.4) is 0 Å². The lowest BCUT2D eigenvalue weighted by atomic mass is 9.90. The fourth-order valence-electron chi connectivity index (χ4n) is 3.32. The van der Waals surface area contributed by atoms with Gasteiger partial charge in [0.1, 0.15) is 0 Å². The van der Waals surface area contributed by atoms with Crippen molar-refractivity contribution in [1.29, 1.82) is 0 Å². The largest absolute Gasteiger partial charge is 0.373 e. The van der Waals surface area contributed by atoms with Crippen molar-refractivity contribution in [3.8, 4) is 0 Å². The molecule has 0 aliphatic carbocycles. The zero-order valence-corrected chi connectivity index (χ0v) is 13.3. The lowest BCUT2D eigenvalue weighted by Crippen LogP contribution is -2.52. The van der Waals surface area contributed by atoms with E-state index in [9.17, 15) is 14.4 Å². The second-order valence-corrected chi connectivity index (χ2v) is 6.25. The summed E-state index contributed by atoms with van der Waals surface area (Å²) < 4.78 is 5.81. The summed E-state index contributed by atoms with van der Waals surface area (Å²) in [5.41, 5.74) is 5.31. The number of hydrogen-bond donors (Lipinski definition) is 2. The maximum atomic E-state index is 12.4. The van der Waals surface area contributed by atoms with Crippen molar-refractivity contribution in [3.63, 3.8) is 0 Å². The van der Waals surface area contributed by atoms with Gasteiger partial charge < -0.3 is 20.7 Å². The third-order valence-electron chi connectivity index (χ3n) is 4.49. The van der Waals surface area contributed by atoms with Crippen LogP contribution < -0.4 is 11.1 Å². The molecule has 1 spiro atoms. The average molecular weight is 332 g/mol. The van der Waals surface area contributed by atoms with Gasteiger partial charge >= 0.3 is 11.8 Å². The molecule has 2 saturated heterocycles. The molecular formula is C16H20N4O4. The van der Waals surface area contributed by atoms with Crippen molar-refractivity contribution in [2.24, 2.45) is 5.73 Å². The van der Waals surface area contributed by atoms with Gasteiger partial charge in [0, 0.05) is 19.3 Å². The van der Waals surface area contributed by atoms with E-state index in [1.807, 2.05) is 0 Å². The number of primary amides is 1. The van der Waals surface area contributed by atoms with Gasteiger partial charge in [-0.15, -0.1) is 0 Å². The Balaban J connectivity index is 1.65. The molecule has 1 unspecified atom stereocenters. The molecule has 3 rings (SSSR count). The SMILES string of the molecule is NC(=O)c1cncc(NC(=O)C(=O)N2CCCC3(CCCO3)C2)c1. The predicted molar refractivity (Wildman–Crippen MR) is 85.1 cm³/mol. The number of likely N-dealkylation sites (tertiary alicyclic amines) is 1. The van der Waals surface area contributed by atoms with Crippen LogP contribution >= 0.6 is 0 Å². The summed E-state index contributed by atoms with van der Waals surface area (Å²) in [7, 11) is 0. The first-order valence-corrected chi connectivity index (χ1v) is 7.98. The lowest BCUT2D eigenvalue weighted by molar-refractivity contribution is -0.148. The van der Waals surface area contributed by atoms with E-state index in [1.54, 1.807) is 0 Å². The smallest absolute Gasteiger partial charge is 0.313 e. The number of nitrogens with two attached hydrogens (primary N) is 1. The van der Waals surface area contributed by atoms with Crippen molar-refractivity contribution in [2.45, 2.75) is 31.3 Å². The van der Waals surface area contributed by atoms with E-state index in [-0.39, 0.29) is 16.9 Å².